The summed E-state index contributed by atoms with van der Waals surface area (Å²) in [6, 6.07) is 3.93. The quantitative estimate of drug-likeness (QED) is 0.936. The summed E-state index contributed by atoms with van der Waals surface area (Å²) in [5.41, 5.74) is 2.05. The molecular formula is C17H22N4OS. The van der Waals surface area contributed by atoms with Crippen molar-refractivity contribution in [3.05, 3.63) is 39.5 Å². The van der Waals surface area contributed by atoms with Gasteiger partial charge < -0.3 is 10.2 Å². The summed E-state index contributed by atoms with van der Waals surface area (Å²) in [5.74, 6) is 1.59. The number of thiophene rings is 1. The van der Waals surface area contributed by atoms with Crippen molar-refractivity contribution in [3.8, 4) is 0 Å². The predicted octanol–water partition coefficient (Wildman–Crippen LogP) is 3.08. The molecule has 1 fully saturated rings. The van der Waals surface area contributed by atoms with Gasteiger partial charge in [-0.3, -0.25) is 4.79 Å². The second-order valence-electron chi connectivity index (χ2n) is 6.00. The number of nitrogens with one attached hydrogen (secondary N) is 1. The van der Waals surface area contributed by atoms with Crippen LogP contribution in [0.4, 0.5) is 5.82 Å². The first-order valence-electron chi connectivity index (χ1n) is 8.04. The SMILES string of the molecule is Cc1csc(C(=O)NCc2nc(C)cc(N3CCCCC3)n2)c1. The molecule has 1 amide bonds. The predicted molar refractivity (Wildman–Crippen MR) is 93.1 cm³/mol. The highest BCUT2D eigenvalue weighted by molar-refractivity contribution is 7.12. The smallest absolute Gasteiger partial charge is 0.261 e. The summed E-state index contributed by atoms with van der Waals surface area (Å²) in [6.45, 7) is 6.43. The van der Waals surface area contributed by atoms with E-state index in [2.05, 4.69) is 20.2 Å². The van der Waals surface area contributed by atoms with E-state index in [9.17, 15) is 4.79 Å². The Kier molecular flexibility index (Phi) is 4.91. The van der Waals surface area contributed by atoms with Crippen LogP contribution in [0.1, 0.15) is 46.0 Å². The Bertz CT molecular complexity index is 692. The zero-order valence-corrected chi connectivity index (χ0v) is 14.4. The zero-order chi connectivity index (χ0) is 16.2. The lowest BCUT2D eigenvalue weighted by atomic mass is 10.1. The Morgan fingerprint density at radius 2 is 2.00 bits per heavy atom. The molecule has 1 aliphatic heterocycles. The van der Waals surface area contributed by atoms with Gasteiger partial charge in [-0.05, 0) is 50.1 Å². The maximum atomic E-state index is 12.1. The van der Waals surface area contributed by atoms with Crippen molar-refractivity contribution in [3.63, 3.8) is 0 Å². The monoisotopic (exact) mass is 330 g/mol. The molecule has 1 N–H and O–H groups in total. The van der Waals surface area contributed by atoms with Gasteiger partial charge in [0.15, 0.2) is 0 Å². The van der Waals surface area contributed by atoms with Crippen LogP contribution in [0, 0.1) is 13.8 Å². The minimum absolute atomic E-state index is 0.0623. The fourth-order valence-electron chi connectivity index (χ4n) is 2.77. The van der Waals surface area contributed by atoms with E-state index in [1.165, 1.54) is 30.6 Å². The van der Waals surface area contributed by atoms with Crippen molar-refractivity contribution in [2.75, 3.05) is 18.0 Å². The molecule has 5 nitrogen and oxygen atoms in total. The van der Waals surface area contributed by atoms with Crippen LogP contribution in [0.3, 0.4) is 0 Å². The molecule has 1 aliphatic rings. The largest absolute Gasteiger partial charge is 0.357 e. The van der Waals surface area contributed by atoms with Crippen LogP contribution in [-0.4, -0.2) is 29.0 Å². The second kappa shape index (κ2) is 7.08. The van der Waals surface area contributed by atoms with Gasteiger partial charge >= 0.3 is 0 Å². The number of carbonyl (C=O) groups excluding carboxylic acids is 1. The molecule has 3 rings (SSSR count). The average Bonchev–Trinajstić information content (AvgIpc) is 2.99. The van der Waals surface area contributed by atoms with Crippen molar-refractivity contribution in [2.24, 2.45) is 0 Å². The first-order valence-corrected chi connectivity index (χ1v) is 8.92. The van der Waals surface area contributed by atoms with Crippen LogP contribution in [0.5, 0.6) is 0 Å². The number of amides is 1. The Morgan fingerprint density at radius 1 is 1.22 bits per heavy atom. The van der Waals surface area contributed by atoms with Crippen LogP contribution in [-0.2, 0) is 6.54 Å². The van der Waals surface area contributed by atoms with E-state index in [1.807, 2.05) is 31.4 Å². The molecule has 23 heavy (non-hydrogen) atoms. The first kappa shape index (κ1) is 15.9. The maximum Gasteiger partial charge on any atom is 0.261 e. The van der Waals surface area contributed by atoms with E-state index in [0.29, 0.717) is 12.4 Å². The molecule has 0 saturated carbocycles. The number of aromatic nitrogens is 2. The first-order chi connectivity index (χ1) is 11.1. The van der Waals surface area contributed by atoms with E-state index >= 15 is 0 Å². The minimum Gasteiger partial charge on any atom is -0.357 e. The molecular weight excluding hydrogens is 308 g/mol. The summed E-state index contributed by atoms with van der Waals surface area (Å²) in [4.78, 5) is 24.3. The van der Waals surface area contributed by atoms with Gasteiger partial charge in [-0.1, -0.05) is 0 Å². The van der Waals surface area contributed by atoms with Gasteiger partial charge in [0.05, 0.1) is 11.4 Å². The third-order valence-electron chi connectivity index (χ3n) is 3.93. The summed E-state index contributed by atoms with van der Waals surface area (Å²) in [6.07, 6.45) is 3.73. The molecule has 0 aliphatic carbocycles. The van der Waals surface area contributed by atoms with E-state index in [1.54, 1.807) is 0 Å². The van der Waals surface area contributed by atoms with Gasteiger partial charge in [-0.2, -0.15) is 0 Å². The number of aryl methyl sites for hydroxylation is 2. The number of hydrogen-bond acceptors (Lipinski definition) is 5. The van der Waals surface area contributed by atoms with Crippen molar-refractivity contribution in [1.82, 2.24) is 15.3 Å². The molecule has 122 valence electrons. The number of hydrogen-bond donors (Lipinski definition) is 1. The zero-order valence-electron chi connectivity index (χ0n) is 13.6. The Labute approximate surface area is 140 Å². The molecule has 0 bridgehead atoms. The summed E-state index contributed by atoms with van der Waals surface area (Å²) >= 11 is 1.46. The van der Waals surface area contributed by atoms with Crippen molar-refractivity contribution in [2.45, 2.75) is 39.7 Å². The molecule has 6 heteroatoms. The Morgan fingerprint density at radius 3 is 2.70 bits per heavy atom. The summed E-state index contributed by atoms with van der Waals surface area (Å²) < 4.78 is 0. The lowest BCUT2D eigenvalue weighted by Gasteiger charge is -2.28. The molecule has 1 saturated heterocycles. The van der Waals surface area contributed by atoms with E-state index in [4.69, 9.17) is 0 Å². The normalized spacial score (nSPS) is 14.8. The molecule has 2 aromatic rings. The van der Waals surface area contributed by atoms with Crippen molar-refractivity contribution >= 4 is 23.1 Å². The Balaban J connectivity index is 1.67. The van der Waals surface area contributed by atoms with Crippen molar-refractivity contribution < 1.29 is 4.79 Å². The van der Waals surface area contributed by atoms with Gasteiger partial charge in [0, 0.05) is 24.8 Å². The van der Waals surface area contributed by atoms with Crippen LogP contribution in [0.2, 0.25) is 0 Å². The highest BCUT2D eigenvalue weighted by Gasteiger charge is 2.14. The third kappa shape index (κ3) is 4.07. The topological polar surface area (TPSA) is 58.1 Å². The van der Waals surface area contributed by atoms with Gasteiger partial charge in [-0.15, -0.1) is 11.3 Å². The van der Waals surface area contributed by atoms with E-state index in [0.717, 1.165) is 35.0 Å². The number of nitrogens with zero attached hydrogens (tertiary/aromatic N) is 3. The minimum atomic E-state index is -0.0623. The number of anilines is 1. The summed E-state index contributed by atoms with van der Waals surface area (Å²) in [7, 11) is 0. The third-order valence-corrected chi connectivity index (χ3v) is 4.98. The van der Waals surface area contributed by atoms with Gasteiger partial charge in [-0.25, -0.2) is 9.97 Å². The van der Waals surface area contributed by atoms with Crippen LogP contribution in [0.25, 0.3) is 0 Å². The molecule has 0 unspecified atom stereocenters. The molecule has 0 radical (unpaired) electrons. The van der Waals surface area contributed by atoms with Crippen LogP contribution in [0.15, 0.2) is 17.5 Å². The summed E-state index contributed by atoms with van der Waals surface area (Å²) in [5, 5.41) is 4.89. The van der Waals surface area contributed by atoms with Crippen molar-refractivity contribution in [1.29, 1.82) is 0 Å². The standard InChI is InChI=1S/C17H22N4OS/c1-12-8-14(23-11-12)17(22)18-10-15-19-13(2)9-16(20-15)21-6-4-3-5-7-21/h8-9,11H,3-7,10H2,1-2H3,(H,18,22). The molecule has 0 spiro atoms. The highest BCUT2D eigenvalue weighted by Crippen LogP contribution is 2.18. The van der Waals surface area contributed by atoms with Gasteiger partial charge in [0.25, 0.3) is 5.91 Å². The van der Waals surface area contributed by atoms with Gasteiger partial charge in [0.2, 0.25) is 0 Å². The average molecular weight is 330 g/mol. The Hall–Kier alpha value is -1.95. The maximum absolute atomic E-state index is 12.1. The number of carbonyl (C=O) groups is 1. The van der Waals surface area contributed by atoms with E-state index < -0.39 is 0 Å². The highest BCUT2D eigenvalue weighted by atomic mass is 32.1. The fourth-order valence-corrected chi connectivity index (χ4v) is 3.59. The molecule has 0 aromatic carbocycles. The number of rotatable bonds is 4. The molecule has 3 heterocycles. The number of piperidine rings is 1. The fraction of sp³-hybridized carbons (Fsp3) is 0.471. The van der Waals surface area contributed by atoms with Gasteiger partial charge in [0.1, 0.15) is 11.6 Å². The lowest BCUT2D eigenvalue weighted by Crippen LogP contribution is -2.31. The van der Waals surface area contributed by atoms with Crippen LogP contribution >= 0.6 is 11.3 Å². The van der Waals surface area contributed by atoms with E-state index in [-0.39, 0.29) is 5.91 Å². The van der Waals surface area contributed by atoms with Crippen LogP contribution < -0.4 is 10.2 Å². The molecule has 2 aromatic heterocycles. The molecule has 0 atom stereocenters. The lowest BCUT2D eigenvalue weighted by molar-refractivity contribution is 0.0954. The second-order valence-corrected chi connectivity index (χ2v) is 6.91.